The van der Waals surface area contributed by atoms with Gasteiger partial charge in [-0.2, -0.15) is 0 Å². The molecule has 1 saturated heterocycles. The van der Waals surface area contributed by atoms with Crippen molar-refractivity contribution in [1.29, 1.82) is 0 Å². The molecule has 1 heterocycles. The molecule has 1 fully saturated rings. The highest BCUT2D eigenvalue weighted by atomic mass is 16.2. The lowest BCUT2D eigenvalue weighted by Gasteiger charge is -2.20. The Morgan fingerprint density at radius 2 is 1.55 bits per heavy atom. The van der Waals surface area contributed by atoms with Crippen molar-refractivity contribution in [2.75, 3.05) is 44.4 Å². The summed E-state index contributed by atoms with van der Waals surface area (Å²) in [5, 5.41) is 5.86. The highest BCUT2D eigenvalue weighted by molar-refractivity contribution is 5.98. The Balaban J connectivity index is 1.52. The van der Waals surface area contributed by atoms with Crippen molar-refractivity contribution < 1.29 is 14.4 Å². The van der Waals surface area contributed by atoms with E-state index in [2.05, 4.69) is 10.6 Å². The summed E-state index contributed by atoms with van der Waals surface area (Å²) in [6.07, 6.45) is 4.50. The van der Waals surface area contributed by atoms with E-state index in [4.69, 9.17) is 0 Å². The summed E-state index contributed by atoms with van der Waals surface area (Å²) in [7, 11) is 3.37. The maximum absolute atomic E-state index is 12.7. The molecule has 0 radical (unpaired) electrons. The van der Waals surface area contributed by atoms with Crippen molar-refractivity contribution in [3.63, 3.8) is 0 Å². The number of nitrogens with one attached hydrogen (secondary N) is 2. The van der Waals surface area contributed by atoms with Crippen LogP contribution >= 0.6 is 0 Å². The fraction of sp³-hybridized carbons (Fsp3) is 0.375. The normalized spacial score (nSPS) is 13.8. The highest BCUT2D eigenvalue weighted by Crippen LogP contribution is 2.16. The molecule has 0 aromatic heterocycles. The third-order valence-corrected chi connectivity index (χ3v) is 5.28. The SMILES string of the molecule is CN(C)C(=O)c1cccc(NC(=O)CNc2ccc(C(=O)N3CCCCCC3)cc2)c1. The minimum atomic E-state index is -0.223. The standard InChI is InChI=1S/C24H30N4O3/c1-27(2)23(30)19-8-7-9-21(16-19)26-22(29)17-25-20-12-10-18(11-13-20)24(31)28-14-5-3-4-6-15-28/h7-13,16,25H,3-6,14-15,17H2,1-2H3,(H,26,29). The number of rotatable bonds is 6. The molecule has 1 aliphatic heterocycles. The zero-order valence-electron chi connectivity index (χ0n) is 18.2. The largest absolute Gasteiger partial charge is 0.376 e. The molecule has 0 atom stereocenters. The quantitative estimate of drug-likeness (QED) is 0.747. The number of amides is 3. The highest BCUT2D eigenvalue weighted by Gasteiger charge is 2.17. The number of anilines is 2. The summed E-state index contributed by atoms with van der Waals surface area (Å²) in [4.78, 5) is 40.4. The molecule has 7 heteroatoms. The summed E-state index contributed by atoms with van der Waals surface area (Å²) in [6.45, 7) is 1.71. The van der Waals surface area contributed by atoms with Crippen LogP contribution in [0.1, 0.15) is 46.4 Å². The average Bonchev–Trinajstić information content (AvgIpc) is 3.07. The zero-order valence-corrected chi connectivity index (χ0v) is 18.2. The van der Waals surface area contributed by atoms with Gasteiger partial charge in [0.2, 0.25) is 5.91 Å². The third-order valence-electron chi connectivity index (χ3n) is 5.28. The molecule has 2 aromatic carbocycles. The van der Waals surface area contributed by atoms with E-state index in [1.807, 2.05) is 17.0 Å². The van der Waals surface area contributed by atoms with E-state index in [1.54, 1.807) is 50.5 Å². The second-order valence-electron chi connectivity index (χ2n) is 7.97. The van der Waals surface area contributed by atoms with Crippen molar-refractivity contribution in [1.82, 2.24) is 9.80 Å². The van der Waals surface area contributed by atoms with Crippen molar-refractivity contribution in [3.8, 4) is 0 Å². The second-order valence-corrected chi connectivity index (χ2v) is 7.97. The number of hydrogen-bond acceptors (Lipinski definition) is 4. The van der Waals surface area contributed by atoms with Gasteiger partial charge in [0.1, 0.15) is 0 Å². The van der Waals surface area contributed by atoms with Crippen molar-refractivity contribution in [2.45, 2.75) is 25.7 Å². The third kappa shape index (κ3) is 6.31. The molecule has 0 saturated carbocycles. The van der Waals surface area contributed by atoms with Gasteiger partial charge in [-0.3, -0.25) is 14.4 Å². The minimum Gasteiger partial charge on any atom is -0.376 e. The van der Waals surface area contributed by atoms with E-state index >= 15 is 0 Å². The summed E-state index contributed by atoms with van der Waals surface area (Å²) in [5.74, 6) is -0.276. The first kappa shape index (κ1) is 22.3. The molecular weight excluding hydrogens is 392 g/mol. The number of nitrogens with zero attached hydrogens (tertiary/aromatic N) is 2. The lowest BCUT2D eigenvalue weighted by Crippen LogP contribution is -2.31. The van der Waals surface area contributed by atoms with Crippen LogP contribution in [0, 0.1) is 0 Å². The maximum atomic E-state index is 12.7. The molecule has 7 nitrogen and oxygen atoms in total. The maximum Gasteiger partial charge on any atom is 0.253 e. The van der Waals surface area contributed by atoms with Gasteiger partial charge in [0.15, 0.2) is 0 Å². The first-order chi connectivity index (χ1) is 14.9. The molecule has 2 N–H and O–H groups in total. The van der Waals surface area contributed by atoms with Crippen LogP contribution < -0.4 is 10.6 Å². The Kier molecular flexibility index (Phi) is 7.65. The van der Waals surface area contributed by atoms with Crippen LogP contribution in [0.5, 0.6) is 0 Å². The van der Waals surface area contributed by atoms with Crippen LogP contribution in [-0.4, -0.2) is 61.3 Å². The molecule has 0 bridgehead atoms. The van der Waals surface area contributed by atoms with Crippen molar-refractivity contribution in [2.24, 2.45) is 0 Å². The Bertz CT molecular complexity index is 917. The predicted octanol–water partition coefficient (Wildman–Crippen LogP) is 3.46. The van der Waals surface area contributed by atoms with E-state index in [9.17, 15) is 14.4 Å². The summed E-state index contributed by atoms with van der Waals surface area (Å²) in [6, 6.07) is 14.1. The fourth-order valence-electron chi connectivity index (χ4n) is 3.56. The lowest BCUT2D eigenvalue weighted by molar-refractivity contribution is -0.114. The van der Waals surface area contributed by atoms with Gasteiger partial charge in [-0.1, -0.05) is 18.9 Å². The Morgan fingerprint density at radius 1 is 0.871 bits per heavy atom. The average molecular weight is 423 g/mol. The predicted molar refractivity (Wildman–Crippen MR) is 122 cm³/mol. The Hall–Kier alpha value is -3.35. The van der Waals surface area contributed by atoms with Gasteiger partial charge in [0.05, 0.1) is 6.54 Å². The minimum absolute atomic E-state index is 0.0679. The smallest absolute Gasteiger partial charge is 0.253 e. The van der Waals surface area contributed by atoms with Crippen LogP contribution in [-0.2, 0) is 4.79 Å². The monoisotopic (exact) mass is 422 g/mol. The number of benzene rings is 2. The van der Waals surface area contributed by atoms with Crippen molar-refractivity contribution >= 4 is 29.1 Å². The van der Waals surface area contributed by atoms with Crippen LogP contribution in [0.25, 0.3) is 0 Å². The molecule has 2 aromatic rings. The number of likely N-dealkylation sites (tertiary alicyclic amines) is 1. The van der Waals surface area contributed by atoms with Crippen LogP contribution in [0.3, 0.4) is 0 Å². The van der Waals surface area contributed by atoms with Crippen LogP contribution in [0.2, 0.25) is 0 Å². The first-order valence-corrected chi connectivity index (χ1v) is 10.7. The molecule has 3 rings (SSSR count). The van der Waals surface area contributed by atoms with Crippen molar-refractivity contribution in [3.05, 3.63) is 59.7 Å². The van der Waals surface area contributed by atoms with E-state index in [0.717, 1.165) is 31.6 Å². The van der Waals surface area contributed by atoms with Gasteiger partial charge in [-0.05, 0) is 55.3 Å². The van der Waals surface area contributed by atoms with Gasteiger partial charge in [-0.15, -0.1) is 0 Å². The number of hydrogen-bond donors (Lipinski definition) is 2. The van der Waals surface area contributed by atoms with E-state index in [-0.39, 0.29) is 24.3 Å². The summed E-state index contributed by atoms with van der Waals surface area (Å²) < 4.78 is 0. The van der Waals surface area contributed by atoms with Crippen LogP contribution in [0.4, 0.5) is 11.4 Å². The van der Waals surface area contributed by atoms with Crippen LogP contribution in [0.15, 0.2) is 48.5 Å². The molecule has 1 aliphatic rings. The molecule has 164 valence electrons. The van der Waals surface area contributed by atoms with Gasteiger partial charge in [0.25, 0.3) is 11.8 Å². The molecular formula is C24H30N4O3. The Morgan fingerprint density at radius 3 is 2.19 bits per heavy atom. The Labute approximate surface area is 183 Å². The lowest BCUT2D eigenvalue weighted by atomic mass is 10.1. The van der Waals surface area contributed by atoms with Gasteiger partial charge < -0.3 is 20.4 Å². The zero-order chi connectivity index (χ0) is 22.2. The van der Waals surface area contributed by atoms with E-state index < -0.39 is 0 Å². The summed E-state index contributed by atoms with van der Waals surface area (Å²) in [5.41, 5.74) is 2.51. The van der Waals surface area contributed by atoms with Gasteiger partial charge >= 0.3 is 0 Å². The molecule has 0 aliphatic carbocycles. The molecule has 31 heavy (non-hydrogen) atoms. The molecule has 0 unspecified atom stereocenters. The van der Waals surface area contributed by atoms with E-state index in [1.165, 1.54) is 17.7 Å². The van der Waals surface area contributed by atoms with Gasteiger partial charge in [0, 0.05) is 49.7 Å². The summed E-state index contributed by atoms with van der Waals surface area (Å²) >= 11 is 0. The fourth-order valence-corrected chi connectivity index (χ4v) is 3.56. The number of carbonyl (C=O) groups excluding carboxylic acids is 3. The van der Waals surface area contributed by atoms with Gasteiger partial charge in [-0.25, -0.2) is 0 Å². The number of carbonyl (C=O) groups is 3. The topological polar surface area (TPSA) is 81.8 Å². The molecule has 0 spiro atoms. The first-order valence-electron chi connectivity index (χ1n) is 10.7. The van der Waals surface area contributed by atoms with E-state index in [0.29, 0.717) is 16.8 Å². The molecule has 3 amide bonds. The second kappa shape index (κ2) is 10.6.